The van der Waals surface area contributed by atoms with Gasteiger partial charge in [0.2, 0.25) is 0 Å². The fourth-order valence-corrected chi connectivity index (χ4v) is 4.43. The molecule has 0 spiro atoms. The molecular formula is C17H20INO7S. The van der Waals surface area contributed by atoms with E-state index in [1.165, 1.54) is 32.5 Å². The molecule has 0 unspecified atom stereocenters. The number of pyridine rings is 1. The van der Waals surface area contributed by atoms with Crippen LogP contribution in [0.25, 0.3) is 0 Å². The van der Waals surface area contributed by atoms with Crippen LogP contribution in [0.4, 0.5) is 0 Å². The monoisotopic (exact) mass is 509 g/mol. The molecule has 8 nitrogen and oxygen atoms in total. The van der Waals surface area contributed by atoms with Gasteiger partial charge in [-0.05, 0) is 41.6 Å². The Morgan fingerprint density at radius 1 is 1.04 bits per heavy atom. The lowest BCUT2D eigenvalue weighted by Gasteiger charge is -2.39. The molecule has 0 aromatic carbocycles. The molecule has 1 aliphatic heterocycles. The minimum absolute atomic E-state index is 0.315. The van der Waals surface area contributed by atoms with Gasteiger partial charge in [0.05, 0.1) is 0 Å². The van der Waals surface area contributed by atoms with Crippen molar-refractivity contribution in [1.29, 1.82) is 0 Å². The first-order valence-corrected chi connectivity index (χ1v) is 10.2. The Morgan fingerprint density at radius 3 is 2.19 bits per heavy atom. The Hall–Kier alpha value is -1.56. The van der Waals surface area contributed by atoms with Crippen LogP contribution in [-0.2, 0) is 28.6 Å². The number of carbonyl (C=O) groups is 3. The summed E-state index contributed by atoms with van der Waals surface area (Å²) in [5.41, 5.74) is 0.176. The summed E-state index contributed by atoms with van der Waals surface area (Å²) in [5, 5.41) is 0. The van der Waals surface area contributed by atoms with E-state index in [0.29, 0.717) is 15.2 Å². The predicted octanol–water partition coefficient (Wildman–Crippen LogP) is 2.24. The van der Waals surface area contributed by atoms with Gasteiger partial charge in [-0.25, -0.2) is 4.98 Å². The van der Waals surface area contributed by atoms with E-state index in [9.17, 15) is 14.4 Å². The lowest BCUT2D eigenvalue weighted by atomic mass is 10.1. The number of hydrogen-bond donors (Lipinski definition) is 0. The average molecular weight is 509 g/mol. The summed E-state index contributed by atoms with van der Waals surface area (Å²) < 4.78 is 22.6. The third-order valence-corrected chi connectivity index (χ3v) is 5.49. The molecule has 2 heterocycles. The average Bonchev–Trinajstić information content (AvgIpc) is 2.53. The molecule has 10 heteroatoms. The summed E-state index contributed by atoms with van der Waals surface area (Å²) in [6, 6.07) is 3.57. The highest BCUT2D eigenvalue weighted by Crippen LogP contribution is 2.35. The Kier molecular flexibility index (Phi) is 7.71. The van der Waals surface area contributed by atoms with Gasteiger partial charge in [0, 0.05) is 32.2 Å². The molecule has 0 N–H and O–H groups in total. The fraction of sp³-hybridized carbons (Fsp3) is 0.529. The lowest BCUT2D eigenvalue weighted by Crippen LogP contribution is -2.55. The number of halogens is 1. The Bertz CT molecular complexity index is 729. The highest BCUT2D eigenvalue weighted by atomic mass is 127. The summed E-state index contributed by atoms with van der Waals surface area (Å²) in [7, 11) is 0. The van der Waals surface area contributed by atoms with Crippen LogP contribution in [0.2, 0.25) is 0 Å². The van der Waals surface area contributed by atoms with Gasteiger partial charge in [0.25, 0.3) is 0 Å². The highest BCUT2D eigenvalue weighted by molar-refractivity contribution is 14.1. The van der Waals surface area contributed by atoms with Crippen LogP contribution >= 0.6 is 34.4 Å². The van der Waals surface area contributed by atoms with Crippen molar-refractivity contribution in [2.24, 2.45) is 0 Å². The van der Waals surface area contributed by atoms with Crippen LogP contribution in [0.1, 0.15) is 26.5 Å². The Morgan fingerprint density at radius 2 is 1.63 bits per heavy atom. The number of rotatable bonds is 5. The zero-order chi connectivity index (χ0) is 20.1. The molecule has 2 rings (SSSR count). The molecule has 1 saturated heterocycles. The van der Waals surface area contributed by atoms with Crippen molar-refractivity contribution in [3.05, 3.63) is 21.5 Å². The first kappa shape index (κ1) is 21.7. The molecule has 0 amide bonds. The molecular weight excluding hydrogens is 489 g/mol. The van der Waals surface area contributed by atoms with Crippen molar-refractivity contribution in [3.63, 3.8) is 0 Å². The number of ether oxygens (including phenoxy) is 4. The Labute approximate surface area is 174 Å². The van der Waals surface area contributed by atoms with Gasteiger partial charge in [-0.1, -0.05) is 0 Å². The van der Waals surface area contributed by atoms with E-state index >= 15 is 0 Å². The highest BCUT2D eigenvalue weighted by Gasteiger charge is 2.47. The zero-order valence-corrected chi connectivity index (χ0v) is 18.2. The van der Waals surface area contributed by atoms with Crippen LogP contribution in [0.3, 0.4) is 0 Å². The fourth-order valence-electron chi connectivity index (χ4n) is 2.54. The molecule has 0 radical (unpaired) electrons. The number of carbonyl (C=O) groups excluding carboxylic acids is 3. The summed E-state index contributed by atoms with van der Waals surface area (Å²) in [6.45, 7) is 5.61. The van der Waals surface area contributed by atoms with E-state index in [2.05, 4.69) is 27.6 Å². The van der Waals surface area contributed by atoms with Crippen LogP contribution < -0.4 is 4.74 Å². The van der Waals surface area contributed by atoms with E-state index in [0.717, 1.165) is 5.69 Å². The summed E-state index contributed by atoms with van der Waals surface area (Å²) in [4.78, 5) is 38.9. The van der Waals surface area contributed by atoms with Gasteiger partial charge >= 0.3 is 17.9 Å². The molecule has 1 fully saturated rings. The molecule has 0 bridgehead atoms. The lowest BCUT2D eigenvalue weighted by molar-refractivity contribution is -0.186. The molecule has 0 saturated carbocycles. The normalized spacial score (nSPS) is 24.6. The SMILES string of the molecule is CC(=O)O[C@@H]1[C@@H](OC(C)=O)[C@@H](Oc2ccc(C)nc2I)SC[C@H]1OC(C)=O. The van der Waals surface area contributed by atoms with Crippen molar-refractivity contribution in [2.45, 2.75) is 51.4 Å². The van der Waals surface area contributed by atoms with Crippen LogP contribution in [-0.4, -0.2) is 52.4 Å². The molecule has 1 aromatic heterocycles. The standard InChI is InChI=1S/C17H20INO7S/c1-8-5-6-12(16(18)19-8)26-17-15(25-11(4)22)14(24-10(3)21)13(7-27-17)23-9(2)20/h5-6,13-15,17H,7H2,1-4H3/t13-,14+,15-,17+/m1/s1. The summed E-state index contributed by atoms with van der Waals surface area (Å²) in [5.74, 6) is -0.826. The number of aromatic nitrogens is 1. The third kappa shape index (κ3) is 6.23. The first-order valence-electron chi connectivity index (χ1n) is 8.10. The molecule has 27 heavy (non-hydrogen) atoms. The first-order chi connectivity index (χ1) is 12.7. The van der Waals surface area contributed by atoms with E-state index in [1.54, 1.807) is 12.1 Å². The van der Waals surface area contributed by atoms with E-state index in [4.69, 9.17) is 18.9 Å². The van der Waals surface area contributed by atoms with Crippen LogP contribution in [0.5, 0.6) is 5.75 Å². The van der Waals surface area contributed by atoms with E-state index in [-0.39, 0.29) is 0 Å². The second kappa shape index (κ2) is 9.58. The van der Waals surface area contributed by atoms with Gasteiger partial charge in [-0.15, -0.1) is 11.8 Å². The largest absolute Gasteiger partial charge is 0.473 e. The Balaban J connectivity index is 2.30. The van der Waals surface area contributed by atoms with Gasteiger partial charge in [-0.3, -0.25) is 14.4 Å². The molecule has 4 atom stereocenters. The summed E-state index contributed by atoms with van der Waals surface area (Å²) in [6.07, 6.45) is -2.68. The second-order valence-corrected chi connectivity index (χ2v) is 8.01. The van der Waals surface area contributed by atoms with Crippen molar-refractivity contribution >= 4 is 52.3 Å². The zero-order valence-electron chi connectivity index (χ0n) is 15.3. The topological polar surface area (TPSA) is 101 Å². The van der Waals surface area contributed by atoms with Crippen LogP contribution in [0, 0.1) is 10.6 Å². The van der Waals surface area contributed by atoms with Gasteiger partial charge < -0.3 is 18.9 Å². The number of nitrogens with zero attached hydrogens (tertiary/aromatic N) is 1. The maximum Gasteiger partial charge on any atom is 0.303 e. The van der Waals surface area contributed by atoms with E-state index in [1.807, 2.05) is 6.92 Å². The maximum absolute atomic E-state index is 11.6. The molecule has 148 valence electrons. The smallest absolute Gasteiger partial charge is 0.303 e. The van der Waals surface area contributed by atoms with Gasteiger partial charge in [0.1, 0.15) is 3.70 Å². The van der Waals surface area contributed by atoms with Crippen molar-refractivity contribution in [2.75, 3.05) is 5.75 Å². The number of hydrogen-bond acceptors (Lipinski definition) is 9. The van der Waals surface area contributed by atoms with Gasteiger partial charge in [0.15, 0.2) is 29.5 Å². The number of aryl methyl sites for hydroxylation is 1. The second-order valence-electron chi connectivity index (χ2n) is 5.86. The number of esters is 3. The number of thioether (sulfide) groups is 1. The van der Waals surface area contributed by atoms with E-state index < -0.39 is 41.7 Å². The summed E-state index contributed by atoms with van der Waals surface area (Å²) >= 11 is 3.36. The molecule has 1 aromatic rings. The predicted molar refractivity (Wildman–Crippen MR) is 105 cm³/mol. The van der Waals surface area contributed by atoms with Crippen LogP contribution in [0.15, 0.2) is 12.1 Å². The molecule has 0 aliphatic carbocycles. The quantitative estimate of drug-likeness (QED) is 0.256. The minimum Gasteiger partial charge on any atom is -0.473 e. The van der Waals surface area contributed by atoms with Gasteiger partial charge in [-0.2, -0.15) is 0 Å². The molecule has 1 aliphatic rings. The van der Waals surface area contributed by atoms with Crippen molar-refractivity contribution in [1.82, 2.24) is 4.98 Å². The maximum atomic E-state index is 11.6. The van der Waals surface area contributed by atoms with Crippen molar-refractivity contribution < 1.29 is 33.3 Å². The minimum atomic E-state index is -0.974. The van der Waals surface area contributed by atoms with Crippen molar-refractivity contribution in [3.8, 4) is 5.75 Å². The third-order valence-electron chi connectivity index (χ3n) is 3.50.